The van der Waals surface area contributed by atoms with E-state index in [9.17, 15) is 4.79 Å². The van der Waals surface area contributed by atoms with Crippen molar-refractivity contribution >= 4 is 17.7 Å². The lowest BCUT2D eigenvalue weighted by molar-refractivity contribution is -0.132. The van der Waals surface area contributed by atoms with Gasteiger partial charge in [0.05, 0.1) is 0 Å². The SMILES string of the molecule is CSCC(C)CNC/C=C(/C)C(=O)O. The molecule has 0 saturated heterocycles. The molecular weight excluding hydrogens is 198 g/mol. The van der Waals surface area contributed by atoms with Crippen LogP contribution in [0, 0.1) is 5.92 Å². The van der Waals surface area contributed by atoms with Crippen molar-refractivity contribution in [2.75, 3.05) is 25.1 Å². The van der Waals surface area contributed by atoms with Gasteiger partial charge in [-0.15, -0.1) is 0 Å². The molecule has 0 heterocycles. The number of nitrogens with one attached hydrogen (secondary N) is 1. The van der Waals surface area contributed by atoms with E-state index in [2.05, 4.69) is 18.5 Å². The quantitative estimate of drug-likeness (QED) is 0.502. The van der Waals surface area contributed by atoms with Crippen molar-refractivity contribution in [3.8, 4) is 0 Å². The number of carboxylic acid groups (broad SMARTS) is 1. The van der Waals surface area contributed by atoms with Crippen molar-refractivity contribution in [3.05, 3.63) is 11.6 Å². The van der Waals surface area contributed by atoms with Gasteiger partial charge in [-0.25, -0.2) is 4.79 Å². The van der Waals surface area contributed by atoms with E-state index in [0.717, 1.165) is 12.3 Å². The second-order valence-corrected chi connectivity index (χ2v) is 4.32. The number of carboxylic acids is 1. The molecule has 0 aromatic rings. The van der Waals surface area contributed by atoms with Crippen molar-refractivity contribution in [1.29, 1.82) is 0 Å². The van der Waals surface area contributed by atoms with Crippen LogP contribution < -0.4 is 5.32 Å². The van der Waals surface area contributed by atoms with Crippen LogP contribution in [0.2, 0.25) is 0 Å². The van der Waals surface area contributed by atoms with Crippen molar-refractivity contribution in [2.24, 2.45) is 5.92 Å². The molecule has 1 unspecified atom stereocenters. The first-order chi connectivity index (χ1) is 6.57. The molecule has 2 N–H and O–H groups in total. The highest BCUT2D eigenvalue weighted by atomic mass is 32.2. The molecule has 0 aliphatic rings. The zero-order chi connectivity index (χ0) is 11.0. The molecule has 0 aromatic carbocycles. The Bertz CT molecular complexity index is 204. The topological polar surface area (TPSA) is 49.3 Å². The molecule has 3 nitrogen and oxygen atoms in total. The summed E-state index contributed by atoms with van der Waals surface area (Å²) >= 11 is 1.83. The van der Waals surface area contributed by atoms with Crippen molar-refractivity contribution in [1.82, 2.24) is 5.32 Å². The lowest BCUT2D eigenvalue weighted by atomic mass is 10.2. The third-order valence-electron chi connectivity index (χ3n) is 1.83. The molecule has 0 fully saturated rings. The van der Waals surface area contributed by atoms with E-state index in [0.29, 0.717) is 18.0 Å². The third kappa shape index (κ3) is 6.97. The minimum absolute atomic E-state index is 0.398. The van der Waals surface area contributed by atoms with Crippen LogP contribution in [0.5, 0.6) is 0 Å². The number of aliphatic carboxylic acids is 1. The summed E-state index contributed by atoms with van der Waals surface area (Å²) in [6.45, 7) is 5.35. The van der Waals surface area contributed by atoms with Crippen LogP contribution >= 0.6 is 11.8 Å². The zero-order valence-electron chi connectivity index (χ0n) is 9.04. The van der Waals surface area contributed by atoms with Gasteiger partial charge in [0.25, 0.3) is 0 Å². The van der Waals surface area contributed by atoms with E-state index in [1.54, 1.807) is 13.0 Å². The van der Waals surface area contributed by atoms with Gasteiger partial charge in [-0.2, -0.15) is 11.8 Å². The molecule has 0 aromatic heterocycles. The Morgan fingerprint density at radius 1 is 1.64 bits per heavy atom. The fourth-order valence-electron chi connectivity index (χ4n) is 0.986. The lowest BCUT2D eigenvalue weighted by Gasteiger charge is -2.09. The molecule has 0 rings (SSSR count). The normalized spacial score (nSPS) is 14.1. The first-order valence-corrected chi connectivity index (χ1v) is 6.07. The summed E-state index contributed by atoms with van der Waals surface area (Å²) in [6.07, 6.45) is 3.79. The van der Waals surface area contributed by atoms with Crippen LogP contribution in [0.1, 0.15) is 13.8 Å². The van der Waals surface area contributed by atoms with Gasteiger partial charge in [0.1, 0.15) is 0 Å². The second-order valence-electron chi connectivity index (χ2n) is 3.41. The number of hydrogen-bond acceptors (Lipinski definition) is 3. The summed E-state index contributed by atoms with van der Waals surface area (Å²) in [6, 6.07) is 0. The average molecular weight is 217 g/mol. The first-order valence-electron chi connectivity index (χ1n) is 4.67. The van der Waals surface area contributed by atoms with E-state index in [-0.39, 0.29) is 0 Å². The maximum absolute atomic E-state index is 10.4. The molecule has 0 spiro atoms. The van der Waals surface area contributed by atoms with E-state index in [1.807, 2.05) is 11.8 Å². The van der Waals surface area contributed by atoms with Crippen LogP contribution in [-0.4, -0.2) is 36.2 Å². The van der Waals surface area contributed by atoms with Gasteiger partial charge < -0.3 is 10.4 Å². The zero-order valence-corrected chi connectivity index (χ0v) is 9.86. The van der Waals surface area contributed by atoms with Crippen LogP contribution in [0.15, 0.2) is 11.6 Å². The predicted molar refractivity (Wildman–Crippen MR) is 61.8 cm³/mol. The van der Waals surface area contributed by atoms with Crippen LogP contribution in [0.4, 0.5) is 0 Å². The molecule has 0 bridgehead atoms. The van der Waals surface area contributed by atoms with Crippen LogP contribution in [0.3, 0.4) is 0 Å². The maximum Gasteiger partial charge on any atom is 0.330 e. The number of rotatable bonds is 7. The number of carbonyl (C=O) groups is 1. The van der Waals surface area contributed by atoms with Crippen molar-refractivity contribution in [2.45, 2.75) is 13.8 Å². The highest BCUT2D eigenvalue weighted by Gasteiger charge is 2.00. The molecule has 1 atom stereocenters. The number of hydrogen-bond donors (Lipinski definition) is 2. The molecule has 14 heavy (non-hydrogen) atoms. The largest absolute Gasteiger partial charge is 0.478 e. The van der Waals surface area contributed by atoms with Gasteiger partial charge in [-0.1, -0.05) is 13.0 Å². The van der Waals surface area contributed by atoms with E-state index in [4.69, 9.17) is 5.11 Å². The smallest absolute Gasteiger partial charge is 0.330 e. The minimum atomic E-state index is -0.844. The van der Waals surface area contributed by atoms with Crippen molar-refractivity contribution < 1.29 is 9.90 Å². The Morgan fingerprint density at radius 3 is 2.79 bits per heavy atom. The van der Waals surface area contributed by atoms with E-state index < -0.39 is 5.97 Å². The Kier molecular flexibility index (Phi) is 7.61. The lowest BCUT2D eigenvalue weighted by Crippen LogP contribution is -2.22. The fraction of sp³-hybridized carbons (Fsp3) is 0.700. The Balaban J connectivity index is 3.55. The minimum Gasteiger partial charge on any atom is -0.478 e. The molecule has 0 amide bonds. The van der Waals surface area contributed by atoms with Crippen LogP contribution in [-0.2, 0) is 4.79 Å². The van der Waals surface area contributed by atoms with Gasteiger partial charge in [0.2, 0.25) is 0 Å². The Labute approximate surface area is 90.0 Å². The summed E-state index contributed by atoms with van der Waals surface area (Å²) < 4.78 is 0. The van der Waals surface area contributed by atoms with Gasteiger partial charge >= 0.3 is 5.97 Å². The Hall–Kier alpha value is -0.480. The highest BCUT2D eigenvalue weighted by molar-refractivity contribution is 7.98. The Morgan fingerprint density at radius 2 is 2.29 bits per heavy atom. The van der Waals surface area contributed by atoms with Gasteiger partial charge in [0, 0.05) is 12.1 Å². The van der Waals surface area contributed by atoms with Gasteiger partial charge in [-0.3, -0.25) is 0 Å². The molecule has 0 aliphatic carbocycles. The fourth-order valence-corrected chi connectivity index (χ4v) is 1.67. The van der Waals surface area contributed by atoms with E-state index in [1.165, 1.54) is 0 Å². The van der Waals surface area contributed by atoms with Crippen molar-refractivity contribution in [3.63, 3.8) is 0 Å². The summed E-state index contributed by atoms with van der Waals surface area (Å²) in [4.78, 5) is 10.4. The summed E-state index contributed by atoms with van der Waals surface area (Å²) in [7, 11) is 0. The van der Waals surface area contributed by atoms with Crippen LogP contribution in [0.25, 0.3) is 0 Å². The molecular formula is C10H19NO2S. The number of thioether (sulfide) groups is 1. The first kappa shape index (κ1) is 13.5. The van der Waals surface area contributed by atoms with Gasteiger partial charge in [-0.05, 0) is 31.4 Å². The van der Waals surface area contributed by atoms with E-state index >= 15 is 0 Å². The maximum atomic E-state index is 10.4. The summed E-state index contributed by atoms with van der Waals surface area (Å²) in [5.41, 5.74) is 0.398. The predicted octanol–water partition coefficient (Wildman–Crippen LogP) is 1.61. The summed E-state index contributed by atoms with van der Waals surface area (Å²) in [5, 5.41) is 11.8. The second kappa shape index (κ2) is 7.88. The molecule has 0 saturated carbocycles. The summed E-state index contributed by atoms with van der Waals surface area (Å²) in [5.74, 6) is 0.918. The third-order valence-corrected chi connectivity index (χ3v) is 2.74. The highest BCUT2D eigenvalue weighted by Crippen LogP contribution is 2.02. The monoisotopic (exact) mass is 217 g/mol. The molecule has 0 aliphatic heterocycles. The molecule has 0 radical (unpaired) electrons. The standard InChI is InChI=1S/C10H19NO2S/c1-8(7-14-3)6-11-5-4-9(2)10(12)13/h4,8,11H,5-7H2,1-3H3,(H,12,13)/b9-4-. The van der Waals surface area contributed by atoms with Gasteiger partial charge in [0.15, 0.2) is 0 Å². The molecule has 4 heteroatoms. The average Bonchev–Trinajstić information content (AvgIpc) is 2.12. The molecule has 82 valence electrons.